The fraction of sp³-hybridized carbons (Fsp3) is 0.385. The lowest BCUT2D eigenvalue weighted by atomic mass is 10.1. The second kappa shape index (κ2) is 6.05. The average molecular weight is 301 g/mol. The van der Waals surface area contributed by atoms with Crippen molar-refractivity contribution < 1.29 is 8.42 Å². The Hall–Kier alpha value is -0.880. The number of hydrogen-bond donors (Lipinski definition) is 1. The van der Waals surface area contributed by atoms with Gasteiger partial charge in [-0.15, -0.1) is 0 Å². The Bertz CT molecular complexity index is 555. The molecule has 1 saturated heterocycles. The number of sulfonamides is 1. The zero-order chi connectivity index (χ0) is 13.9. The van der Waals surface area contributed by atoms with E-state index in [0.717, 1.165) is 18.4 Å². The minimum Gasteiger partial charge on any atom is -0.327 e. The molecule has 6 heteroatoms. The Labute approximate surface area is 118 Å². The fourth-order valence-corrected chi connectivity index (χ4v) is 3.44. The summed E-state index contributed by atoms with van der Waals surface area (Å²) in [7, 11) is -3.38. The van der Waals surface area contributed by atoms with Crippen molar-refractivity contribution in [3.8, 4) is 0 Å². The first-order valence-electron chi connectivity index (χ1n) is 6.17. The Morgan fingerprint density at radius 2 is 2.00 bits per heavy atom. The molecule has 1 aromatic rings. The molecule has 0 aliphatic carbocycles. The van der Waals surface area contributed by atoms with Gasteiger partial charge < -0.3 is 5.73 Å². The summed E-state index contributed by atoms with van der Waals surface area (Å²) in [6.45, 7) is 0.939. The van der Waals surface area contributed by atoms with Gasteiger partial charge in [-0.25, -0.2) is 8.42 Å². The van der Waals surface area contributed by atoms with Gasteiger partial charge in [0.15, 0.2) is 0 Å². The summed E-state index contributed by atoms with van der Waals surface area (Å²) in [6.07, 6.45) is 3.27. The normalized spacial score (nSPS) is 21.9. The molecule has 0 radical (unpaired) electrons. The number of rotatable bonds is 3. The van der Waals surface area contributed by atoms with Gasteiger partial charge in [-0.2, -0.15) is 4.31 Å². The van der Waals surface area contributed by atoms with Crippen LogP contribution in [0.1, 0.15) is 18.4 Å². The minimum atomic E-state index is -3.38. The van der Waals surface area contributed by atoms with Gasteiger partial charge in [0.2, 0.25) is 10.0 Å². The van der Waals surface area contributed by atoms with Gasteiger partial charge in [0.1, 0.15) is 0 Å². The van der Waals surface area contributed by atoms with Crippen LogP contribution in [-0.4, -0.2) is 31.9 Å². The van der Waals surface area contributed by atoms with Crippen LogP contribution < -0.4 is 5.73 Å². The van der Waals surface area contributed by atoms with Gasteiger partial charge in [-0.1, -0.05) is 23.7 Å². The van der Waals surface area contributed by atoms with E-state index in [1.54, 1.807) is 30.3 Å². The summed E-state index contributed by atoms with van der Waals surface area (Å²) in [6, 6.07) is 6.94. The molecule has 0 bridgehead atoms. The molecule has 0 unspecified atom stereocenters. The summed E-state index contributed by atoms with van der Waals surface area (Å²) in [5, 5.41) is 1.86. The zero-order valence-corrected chi connectivity index (χ0v) is 12.1. The third kappa shape index (κ3) is 4.04. The molecule has 0 aromatic heterocycles. The van der Waals surface area contributed by atoms with E-state index < -0.39 is 10.0 Å². The Kier molecular flexibility index (Phi) is 4.62. The van der Waals surface area contributed by atoms with Crippen LogP contribution in [0.5, 0.6) is 0 Å². The van der Waals surface area contributed by atoms with E-state index in [4.69, 9.17) is 17.3 Å². The largest absolute Gasteiger partial charge is 0.327 e. The van der Waals surface area contributed by atoms with E-state index in [9.17, 15) is 8.42 Å². The Morgan fingerprint density at radius 3 is 2.63 bits per heavy atom. The van der Waals surface area contributed by atoms with Crippen LogP contribution in [0.2, 0.25) is 5.02 Å². The standard InChI is InChI=1S/C13H17ClN2O2S/c14-12-5-3-11(4-6-12)7-9-19(17,18)16-8-1-2-13(15)10-16/h3-7,9,13H,1-2,8,10,15H2/b9-7+/t13-/m1/s1. The molecule has 1 aromatic carbocycles. The number of halogens is 1. The van der Waals surface area contributed by atoms with Gasteiger partial charge in [0, 0.05) is 29.6 Å². The average Bonchev–Trinajstić information content (AvgIpc) is 2.38. The van der Waals surface area contributed by atoms with Crippen molar-refractivity contribution in [2.75, 3.05) is 13.1 Å². The summed E-state index contributed by atoms with van der Waals surface area (Å²) >= 11 is 5.78. The molecule has 104 valence electrons. The molecule has 0 amide bonds. The second-order valence-electron chi connectivity index (χ2n) is 4.66. The predicted molar refractivity (Wildman–Crippen MR) is 78.2 cm³/mol. The quantitative estimate of drug-likeness (QED) is 0.929. The summed E-state index contributed by atoms with van der Waals surface area (Å²) in [5.74, 6) is 0. The van der Waals surface area contributed by atoms with E-state index in [-0.39, 0.29) is 6.04 Å². The van der Waals surface area contributed by atoms with Crippen molar-refractivity contribution in [2.45, 2.75) is 18.9 Å². The monoisotopic (exact) mass is 300 g/mol. The Balaban J connectivity index is 2.10. The summed E-state index contributed by atoms with van der Waals surface area (Å²) in [5.41, 5.74) is 6.60. The molecule has 2 N–H and O–H groups in total. The van der Waals surface area contributed by atoms with Gasteiger partial charge in [0.25, 0.3) is 0 Å². The highest BCUT2D eigenvalue weighted by Crippen LogP contribution is 2.16. The van der Waals surface area contributed by atoms with E-state index >= 15 is 0 Å². The minimum absolute atomic E-state index is 0.0625. The molecule has 2 rings (SSSR count). The molecule has 1 aliphatic rings. The van der Waals surface area contributed by atoms with Gasteiger partial charge >= 0.3 is 0 Å². The van der Waals surface area contributed by atoms with Crippen molar-refractivity contribution >= 4 is 27.7 Å². The van der Waals surface area contributed by atoms with Gasteiger partial charge in [0.05, 0.1) is 0 Å². The number of benzene rings is 1. The van der Waals surface area contributed by atoms with Crippen LogP contribution in [0.4, 0.5) is 0 Å². The lowest BCUT2D eigenvalue weighted by Gasteiger charge is -2.28. The highest BCUT2D eigenvalue weighted by atomic mass is 35.5. The number of nitrogens with zero attached hydrogens (tertiary/aromatic N) is 1. The first-order valence-corrected chi connectivity index (χ1v) is 8.05. The summed E-state index contributed by atoms with van der Waals surface area (Å²) in [4.78, 5) is 0. The van der Waals surface area contributed by atoms with Crippen LogP contribution in [0.15, 0.2) is 29.7 Å². The van der Waals surface area contributed by atoms with Crippen LogP contribution in [-0.2, 0) is 10.0 Å². The van der Waals surface area contributed by atoms with Crippen LogP contribution in [0, 0.1) is 0 Å². The molecule has 4 nitrogen and oxygen atoms in total. The smallest absolute Gasteiger partial charge is 0.236 e. The number of hydrogen-bond acceptors (Lipinski definition) is 3. The predicted octanol–water partition coefficient (Wildman–Crippen LogP) is 2.06. The van der Waals surface area contributed by atoms with E-state index in [2.05, 4.69) is 0 Å². The molecule has 0 spiro atoms. The van der Waals surface area contributed by atoms with Crippen LogP contribution in [0.25, 0.3) is 6.08 Å². The van der Waals surface area contributed by atoms with E-state index in [1.807, 2.05) is 0 Å². The maximum absolute atomic E-state index is 12.1. The highest BCUT2D eigenvalue weighted by molar-refractivity contribution is 7.92. The van der Waals surface area contributed by atoms with Crippen LogP contribution >= 0.6 is 11.6 Å². The number of piperidine rings is 1. The fourth-order valence-electron chi connectivity index (χ4n) is 2.03. The molecule has 1 atom stereocenters. The lowest BCUT2D eigenvalue weighted by molar-refractivity contribution is 0.319. The second-order valence-corrected chi connectivity index (χ2v) is 6.91. The highest BCUT2D eigenvalue weighted by Gasteiger charge is 2.25. The van der Waals surface area contributed by atoms with E-state index in [1.165, 1.54) is 9.71 Å². The lowest BCUT2D eigenvalue weighted by Crippen LogP contribution is -2.44. The molecular formula is C13H17ClN2O2S. The maximum Gasteiger partial charge on any atom is 0.236 e. The van der Waals surface area contributed by atoms with Crippen molar-refractivity contribution in [3.63, 3.8) is 0 Å². The van der Waals surface area contributed by atoms with Crippen molar-refractivity contribution in [1.29, 1.82) is 0 Å². The third-order valence-corrected chi connectivity index (χ3v) is 4.87. The molecule has 1 fully saturated rings. The van der Waals surface area contributed by atoms with Gasteiger partial charge in [-0.05, 0) is 36.6 Å². The maximum atomic E-state index is 12.1. The third-order valence-electron chi connectivity index (χ3n) is 3.08. The summed E-state index contributed by atoms with van der Waals surface area (Å²) < 4.78 is 25.7. The SMILES string of the molecule is N[C@@H]1CCCN(S(=O)(=O)/C=C/c2ccc(Cl)cc2)C1. The van der Waals surface area contributed by atoms with Crippen molar-refractivity contribution in [3.05, 3.63) is 40.3 Å². The molecule has 19 heavy (non-hydrogen) atoms. The molecule has 0 saturated carbocycles. The molecular weight excluding hydrogens is 284 g/mol. The Morgan fingerprint density at radius 1 is 1.32 bits per heavy atom. The molecule has 1 aliphatic heterocycles. The van der Waals surface area contributed by atoms with E-state index in [0.29, 0.717) is 18.1 Å². The number of nitrogens with two attached hydrogens (primary N) is 1. The van der Waals surface area contributed by atoms with Gasteiger partial charge in [-0.3, -0.25) is 0 Å². The van der Waals surface area contributed by atoms with Crippen molar-refractivity contribution in [2.24, 2.45) is 5.73 Å². The molecule has 1 heterocycles. The first kappa shape index (κ1) is 14.5. The van der Waals surface area contributed by atoms with Crippen molar-refractivity contribution in [1.82, 2.24) is 4.31 Å². The first-order chi connectivity index (χ1) is 8.97. The van der Waals surface area contributed by atoms with Crippen LogP contribution in [0.3, 0.4) is 0 Å². The zero-order valence-electron chi connectivity index (χ0n) is 10.5. The topological polar surface area (TPSA) is 63.4 Å².